The van der Waals surface area contributed by atoms with Gasteiger partial charge in [-0.1, -0.05) is 29.8 Å². The van der Waals surface area contributed by atoms with Crippen molar-refractivity contribution in [3.05, 3.63) is 35.4 Å². The SMILES string of the molecule is Cc1ccc(C(N)CCN(C)C2CC2)cc1. The summed E-state index contributed by atoms with van der Waals surface area (Å²) < 4.78 is 0. The van der Waals surface area contributed by atoms with Crippen LogP contribution in [-0.4, -0.2) is 24.5 Å². The Morgan fingerprint density at radius 2 is 1.94 bits per heavy atom. The maximum absolute atomic E-state index is 6.19. The second kappa shape index (κ2) is 4.98. The predicted octanol–water partition coefficient (Wildman–Crippen LogP) is 2.48. The van der Waals surface area contributed by atoms with Gasteiger partial charge in [-0.2, -0.15) is 0 Å². The van der Waals surface area contributed by atoms with Gasteiger partial charge in [0, 0.05) is 12.1 Å². The summed E-state index contributed by atoms with van der Waals surface area (Å²) in [5.41, 5.74) is 8.74. The van der Waals surface area contributed by atoms with Crippen LogP contribution in [0.2, 0.25) is 0 Å². The number of benzene rings is 1. The average Bonchev–Trinajstić information content (AvgIpc) is 3.10. The minimum atomic E-state index is 0.182. The Bertz CT molecular complexity index is 327. The van der Waals surface area contributed by atoms with Crippen molar-refractivity contribution in [1.29, 1.82) is 0 Å². The lowest BCUT2D eigenvalue weighted by Crippen LogP contribution is -2.25. The molecule has 2 rings (SSSR count). The number of nitrogens with two attached hydrogens (primary N) is 1. The van der Waals surface area contributed by atoms with Crippen LogP contribution in [0.4, 0.5) is 0 Å². The molecule has 0 radical (unpaired) electrons. The van der Waals surface area contributed by atoms with Gasteiger partial charge in [-0.3, -0.25) is 0 Å². The van der Waals surface area contributed by atoms with Gasteiger partial charge in [-0.25, -0.2) is 0 Å². The molecule has 88 valence electrons. The lowest BCUT2D eigenvalue weighted by Gasteiger charge is -2.19. The minimum absolute atomic E-state index is 0.182. The molecule has 1 atom stereocenters. The first kappa shape index (κ1) is 11.6. The Balaban J connectivity index is 1.82. The van der Waals surface area contributed by atoms with E-state index in [1.807, 2.05) is 0 Å². The van der Waals surface area contributed by atoms with E-state index in [1.165, 1.54) is 24.0 Å². The largest absolute Gasteiger partial charge is 0.324 e. The van der Waals surface area contributed by atoms with Crippen molar-refractivity contribution in [3.63, 3.8) is 0 Å². The fraction of sp³-hybridized carbons (Fsp3) is 0.571. The van der Waals surface area contributed by atoms with Gasteiger partial charge in [0.1, 0.15) is 0 Å². The summed E-state index contributed by atoms with van der Waals surface area (Å²) in [5, 5.41) is 0. The molecule has 2 N–H and O–H groups in total. The average molecular weight is 218 g/mol. The number of hydrogen-bond donors (Lipinski definition) is 1. The van der Waals surface area contributed by atoms with Gasteiger partial charge in [0.25, 0.3) is 0 Å². The number of rotatable bonds is 5. The second-order valence-electron chi connectivity index (χ2n) is 5.02. The third-order valence-electron chi connectivity index (χ3n) is 3.47. The Labute approximate surface area is 98.4 Å². The number of aryl methyl sites for hydroxylation is 1. The van der Waals surface area contributed by atoms with Crippen LogP contribution < -0.4 is 5.73 Å². The summed E-state index contributed by atoms with van der Waals surface area (Å²) in [5.74, 6) is 0. The molecule has 0 saturated heterocycles. The molecule has 1 fully saturated rings. The van der Waals surface area contributed by atoms with E-state index in [0.717, 1.165) is 19.0 Å². The fourth-order valence-electron chi connectivity index (χ4n) is 2.02. The van der Waals surface area contributed by atoms with Gasteiger partial charge in [0.2, 0.25) is 0 Å². The first-order valence-corrected chi connectivity index (χ1v) is 6.19. The molecule has 1 unspecified atom stereocenters. The summed E-state index contributed by atoms with van der Waals surface area (Å²) in [6, 6.07) is 9.60. The summed E-state index contributed by atoms with van der Waals surface area (Å²) in [4.78, 5) is 2.44. The Morgan fingerprint density at radius 1 is 1.31 bits per heavy atom. The molecule has 0 aromatic heterocycles. The standard InChI is InChI=1S/C14H22N2/c1-11-3-5-12(6-4-11)14(15)9-10-16(2)13-7-8-13/h3-6,13-14H,7-10,15H2,1-2H3. The van der Waals surface area contributed by atoms with Crippen molar-refractivity contribution in [3.8, 4) is 0 Å². The molecule has 2 heteroatoms. The topological polar surface area (TPSA) is 29.3 Å². The van der Waals surface area contributed by atoms with Crippen molar-refractivity contribution < 1.29 is 0 Å². The van der Waals surface area contributed by atoms with Crippen LogP contribution in [0.3, 0.4) is 0 Å². The zero-order valence-corrected chi connectivity index (χ0v) is 10.3. The van der Waals surface area contributed by atoms with Crippen molar-refractivity contribution in [1.82, 2.24) is 4.90 Å². The van der Waals surface area contributed by atoms with E-state index in [4.69, 9.17) is 5.73 Å². The molecule has 0 bridgehead atoms. The first-order valence-electron chi connectivity index (χ1n) is 6.19. The van der Waals surface area contributed by atoms with E-state index in [0.29, 0.717) is 0 Å². The van der Waals surface area contributed by atoms with E-state index in [9.17, 15) is 0 Å². The Hall–Kier alpha value is -0.860. The first-order chi connectivity index (χ1) is 7.66. The highest BCUT2D eigenvalue weighted by atomic mass is 15.1. The van der Waals surface area contributed by atoms with Crippen LogP contribution in [0.25, 0.3) is 0 Å². The molecule has 1 aliphatic carbocycles. The fourth-order valence-corrected chi connectivity index (χ4v) is 2.02. The van der Waals surface area contributed by atoms with Crippen molar-refractivity contribution >= 4 is 0 Å². The highest BCUT2D eigenvalue weighted by Crippen LogP contribution is 2.26. The molecule has 1 aromatic carbocycles. The van der Waals surface area contributed by atoms with Gasteiger partial charge in [-0.15, -0.1) is 0 Å². The van der Waals surface area contributed by atoms with Crippen molar-refractivity contribution in [2.24, 2.45) is 5.73 Å². The smallest absolute Gasteiger partial charge is 0.0307 e. The molecule has 1 aliphatic rings. The van der Waals surface area contributed by atoms with E-state index in [-0.39, 0.29) is 6.04 Å². The Kier molecular flexibility index (Phi) is 3.62. The van der Waals surface area contributed by atoms with E-state index < -0.39 is 0 Å². The molecule has 2 nitrogen and oxygen atoms in total. The lowest BCUT2D eigenvalue weighted by molar-refractivity contribution is 0.309. The second-order valence-corrected chi connectivity index (χ2v) is 5.02. The highest BCUT2D eigenvalue weighted by molar-refractivity contribution is 5.23. The van der Waals surface area contributed by atoms with Crippen LogP contribution in [0.5, 0.6) is 0 Å². The molecule has 16 heavy (non-hydrogen) atoms. The lowest BCUT2D eigenvalue weighted by atomic mass is 10.0. The Morgan fingerprint density at radius 3 is 2.50 bits per heavy atom. The number of hydrogen-bond acceptors (Lipinski definition) is 2. The highest BCUT2D eigenvalue weighted by Gasteiger charge is 2.25. The minimum Gasteiger partial charge on any atom is -0.324 e. The molecular weight excluding hydrogens is 196 g/mol. The van der Waals surface area contributed by atoms with Crippen LogP contribution in [-0.2, 0) is 0 Å². The van der Waals surface area contributed by atoms with Crippen LogP contribution in [0.1, 0.15) is 36.4 Å². The summed E-state index contributed by atoms with van der Waals surface area (Å²) in [7, 11) is 2.21. The predicted molar refractivity (Wildman–Crippen MR) is 68.4 cm³/mol. The van der Waals surface area contributed by atoms with E-state index in [2.05, 4.69) is 43.1 Å². The molecule has 0 heterocycles. The van der Waals surface area contributed by atoms with E-state index >= 15 is 0 Å². The van der Waals surface area contributed by atoms with Gasteiger partial charge in [0.05, 0.1) is 0 Å². The van der Waals surface area contributed by atoms with Gasteiger partial charge >= 0.3 is 0 Å². The molecule has 0 spiro atoms. The monoisotopic (exact) mass is 218 g/mol. The molecule has 0 aliphatic heterocycles. The van der Waals surface area contributed by atoms with Crippen LogP contribution in [0.15, 0.2) is 24.3 Å². The zero-order valence-electron chi connectivity index (χ0n) is 10.3. The van der Waals surface area contributed by atoms with Gasteiger partial charge < -0.3 is 10.6 Å². The summed E-state index contributed by atoms with van der Waals surface area (Å²) in [6.07, 6.45) is 3.79. The van der Waals surface area contributed by atoms with E-state index in [1.54, 1.807) is 0 Å². The maximum atomic E-state index is 6.19. The van der Waals surface area contributed by atoms with Gasteiger partial charge in [0.15, 0.2) is 0 Å². The molecular formula is C14H22N2. The van der Waals surface area contributed by atoms with Crippen molar-refractivity contribution in [2.75, 3.05) is 13.6 Å². The quantitative estimate of drug-likeness (QED) is 0.822. The number of nitrogens with zero attached hydrogens (tertiary/aromatic N) is 1. The zero-order chi connectivity index (χ0) is 11.5. The molecule has 1 aromatic rings. The molecule has 1 saturated carbocycles. The van der Waals surface area contributed by atoms with Crippen LogP contribution in [0, 0.1) is 6.92 Å². The van der Waals surface area contributed by atoms with Gasteiger partial charge in [-0.05, 0) is 45.3 Å². The molecule has 0 amide bonds. The third-order valence-corrected chi connectivity index (χ3v) is 3.47. The van der Waals surface area contributed by atoms with Crippen LogP contribution >= 0.6 is 0 Å². The maximum Gasteiger partial charge on any atom is 0.0307 e. The summed E-state index contributed by atoms with van der Waals surface area (Å²) >= 11 is 0. The third kappa shape index (κ3) is 3.06. The normalized spacial score (nSPS) is 17.8. The van der Waals surface area contributed by atoms with Crippen molar-refractivity contribution in [2.45, 2.75) is 38.3 Å². The summed E-state index contributed by atoms with van der Waals surface area (Å²) in [6.45, 7) is 3.22.